The number of nitrogens with one attached hydrogen (secondary N) is 2. The summed E-state index contributed by atoms with van der Waals surface area (Å²) in [5, 5.41) is 18.8. The molecule has 8 nitrogen and oxygen atoms in total. The first-order valence-corrected chi connectivity index (χ1v) is 7.52. The molecule has 0 bridgehead atoms. The molecule has 128 valence electrons. The molecule has 0 radical (unpaired) electrons. The lowest BCUT2D eigenvalue weighted by molar-refractivity contribution is 0.100. The summed E-state index contributed by atoms with van der Waals surface area (Å²) in [7, 11) is 0. The van der Waals surface area contributed by atoms with Crippen LogP contribution in [0.4, 0.5) is 17.3 Å². The molecule has 0 atom stereocenters. The number of rotatable bonds is 6. The number of benzene rings is 1. The van der Waals surface area contributed by atoms with Crippen molar-refractivity contribution in [2.45, 2.75) is 13.5 Å². The number of aliphatic imine (C=N–C) groups is 1. The summed E-state index contributed by atoms with van der Waals surface area (Å²) in [5.41, 5.74) is 7.48. The van der Waals surface area contributed by atoms with E-state index in [2.05, 4.69) is 20.5 Å². The van der Waals surface area contributed by atoms with Crippen molar-refractivity contribution in [2.24, 2.45) is 10.7 Å². The van der Waals surface area contributed by atoms with Crippen molar-refractivity contribution in [1.29, 1.82) is 0 Å². The monoisotopic (exact) mass is 339 g/mol. The second-order valence-electron chi connectivity index (χ2n) is 5.38. The van der Waals surface area contributed by atoms with Crippen LogP contribution in [0, 0.1) is 6.92 Å². The number of aromatic nitrogens is 2. The molecule has 0 saturated carbocycles. The summed E-state index contributed by atoms with van der Waals surface area (Å²) in [6.07, 6.45) is 1.40. The molecule has 0 saturated heterocycles. The predicted molar refractivity (Wildman–Crippen MR) is 93.5 cm³/mol. The third kappa shape index (κ3) is 3.75. The Morgan fingerprint density at radius 1 is 1.44 bits per heavy atom. The smallest absolute Gasteiger partial charge is 0.256 e. The first-order valence-electron chi connectivity index (χ1n) is 7.52. The molecule has 0 fully saturated rings. The van der Waals surface area contributed by atoms with E-state index in [1.165, 1.54) is 6.21 Å². The molecule has 0 spiro atoms. The Labute approximate surface area is 143 Å². The van der Waals surface area contributed by atoms with Crippen LogP contribution in [0.3, 0.4) is 0 Å². The van der Waals surface area contributed by atoms with Crippen molar-refractivity contribution < 1.29 is 14.3 Å². The van der Waals surface area contributed by atoms with Gasteiger partial charge in [0, 0.05) is 5.69 Å². The number of furan rings is 1. The van der Waals surface area contributed by atoms with E-state index in [0.717, 1.165) is 11.3 Å². The molecule has 25 heavy (non-hydrogen) atoms. The minimum Gasteiger partial charge on any atom is -0.458 e. The number of carbonyl (C=O) groups excluding carboxylic acids is 1. The maximum absolute atomic E-state index is 11.8. The lowest BCUT2D eigenvalue weighted by Crippen LogP contribution is -2.12. The summed E-state index contributed by atoms with van der Waals surface area (Å²) in [6.45, 7) is 1.76. The summed E-state index contributed by atoms with van der Waals surface area (Å²) in [4.78, 5) is 16.0. The summed E-state index contributed by atoms with van der Waals surface area (Å²) in [5.74, 6) is 0.688. The standard InChI is InChI=1S/C17H17N5O3/c1-10-3-2-4-11(7-10)20-17-14(15(18)24)16(21-22-17)19-8-12-5-6-13(9-23)25-12/h2-8,23H,9H2,1H3,(H2,18,24)(H2,20,21,22). The topological polar surface area (TPSA) is 130 Å². The second-order valence-corrected chi connectivity index (χ2v) is 5.38. The first-order chi connectivity index (χ1) is 12.1. The number of aromatic amines is 1. The zero-order valence-electron chi connectivity index (χ0n) is 13.5. The Morgan fingerprint density at radius 3 is 2.96 bits per heavy atom. The van der Waals surface area contributed by atoms with Gasteiger partial charge < -0.3 is 20.6 Å². The van der Waals surface area contributed by atoms with Crippen LogP contribution in [0.25, 0.3) is 0 Å². The number of nitrogens with zero attached hydrogens (tertiary/aromatic N) is 2. The number of hydrogen-bond acceptors (Lipinski definition) is 6. The maximum Gasteiger partial charge on any atom is 0.256 e. The van der Waals surface area contributed by atoms with Gasteiger partial charge in [-0.05, 0) is 36.8 Å². The SMILES string of the molecule is Cc1cccc(Nc2[nH]nc(N=Cc3ccc(CO)o3)c2C(N)=O)c1. The van der Waals surface area contributed by atoms with Crippen LogP contribution >= 0.6 is 0 Å². The molecular formula is C17H17N5O3. The van der Waals surface area contributed by atoms with Gasteiger partial charge in [0.15, 0.2) is 5.82 Å². The Morgan fingerprint density at radius 2 is 2.28 bits per heavy atom. The fourth-order valence-electron chi connectivity index (χ4n) is 2.29. The Hall–Kier alpha value is -3.39. The first kappa shape index (κ1) is 16.5. The zero-order chi connectivity index (χ0) is 17.8. The van der Waals surface area contributed by atoms with Gasteiger partial charge in [0.2, 0.25) is 0 Å². The quantitative estimate of drug-likeness (QED) is 0.512. The molecule has 2 heterocycles. The van der Waals surface area contributed by atoms with Crippen molar-refractivity contribution in [3.8, 4) is 0 Å². The highest BCUT2D eigenvalue weighted by Gasteiger charge is 2.18. The van der Waals surface area contributed by atoms with E-state index in [1.54, 1.807) is 12.1 Å². The molecular weight excluding hydrogens is 322 g/mol. The average molecular weight is 339 g/mol. The molecule has 0 aliphatic rings. The van der Waals surface area contributed by atoms with Gasteiger partial charge in [-0.15, -0.1) is 0 Å². The summed E-state index contributed by atoms with van der Waals surface area (Å²) >= 11 is 0. The number of anilines is 2. The van der Waals surface area contributed by atoms with E-state index in [4.69, 9.17) is 15.3 Å². The Bertz CT molecular complexity index is 926. The lowest BCUT2D eigenvalue weighted by atomic mass is 10.2. The second kappa shape index (κ2) is 7.02. The number of H-pyrrole nitrogens is 1. The van der Waals surface area contributed by atoms with Crippen molar-refractivity contribution in [2.75, 3.05) is 5.32 Å². The normalized spacial score (nSPS) is 11.1. The zero-order valence-corrected chi connectivity index (χ0v) is 13.5. The van der Waals surface area contributed by atoms with Gasteiger partial charge in [0.1, 0.15) is 29.5 Å². The fourth-order valence-corrected chi connectivity index (χ4v) is 2.29. The number of aliphatic hydroxyl groups is 1. The van der Waals surface area contributed by atoms with E-state index in [-0.39, 0.29) is 18.0 Å². The number of carbonyl (C=O) groups is 1. The van der Waals surface area contributed by atoms with Gasteiger partial charge in [0.05, 0.1) is 6.21 Å². The van der Waals surface area contributed by atoms with Crippen molar-refractivity contribution in [3.05, 3.63) is 59.0 Å². The van der Waals surface area contributed by atoms with E-state index in [9.17, 15) is 4.79 Å². The predicted octanol–water partition coefficient (Wildman–Crippen LogP) is 2.40. The number of aryl methyl sites for hydroxylation is 1. The van der Waals surface area contributed by atoms with Gasteiger partial charge in [-0.25, -0.2) is 4.99 Å². The third-order valence-electron chi connectivity index (χ3n) is 3.43. The minimum atomic E-state index is -0.661. The number of amides is 1. The van der Waals surface area contributed by atoms with Crippen LogP contribution < -0.4 is 11.1 Å². The molecule has 0 aliphatic heterocycles. The molecule has 8 heteroatoms. The van der Waals surface area contributed by atoms with Crippen LogP contribution in [-0.4, -0.2) is 27.4 Å². The van der Waals surface area contributed by atoms with E-state index < -0.39 is 5.91 Å². The van der Waals surface area contributed by atoms with Crippen molar-refractivity contribution >= 4 is 29.4 Å². The molecule has 2 aromatic heterocycles. The van der Waals surface area contributed by atoms with E-state index in [1.807, 2.05) is 31.2 Å². The number of hydrogen-bond donors (Lipinski definition) is 4. The highest BCUT2D eigenvalue weighted by Crippen LogP contribution is 2.26. The van der Waals surface area contributed by atoms with E-state index >= 15 is 0 Å². The molecule has 3 aromatic rings. The van der Waals surface area contributed by atoms with Gasteiger partial charge >= 0.3 is 0 Å². The van der Waals surface area contributed by atoms with E-state index in [0.29, 0.717) is 17.3 Å². The summed E-state index contributed by atoms with van der Waals surface area (Å²) in [6, 6.07) is 10.9. The summed E-state index contributed by atoms with van der Waals surface area (Å²) < 4.78 is 5.30. The van der Waals surface area contributed by atoms with Gasteiger partial charge in [0.25, 0.3) is 5.91 Å². The Kier molecular flexibility index (Phi) is 4.62. The molecule has 1 amide bonds. The third-order valence-corrected chi connectivity index (χ3v) is 3.43. The minimum absolute atomic E-state index is 0.143. The van der Waals surface area contributed by atoms with Gasteiger partial charge in [-0.2, -0.15) is 5.10 Å². The highest BCUT2D eigenvalue weighted by molar-refractivity contribution is 6.03. The Balaban J connectivity index is 1.88. The van der Waals surface area contributed by atoms with Gasteiger partial charge in [-0.1, -0.05) is 12.1 Å². The fraction of sp³-hybridized carbons (Fsp3) is 0.118. The molecule has 0 aliphatic carbocycles. The number of aliphatic hydroxyl groups excluding tert-OH is 1. The largest absolute Gasteiger partial charge is 0.458 e. The highest BCUT2D eigenvalue weighted by atomic mass is 16.4. The van der Waals surface area contributed by atoms with Gasteiger partial charge in [-0.3, -0.25) is 9.89 Å². The number of primary amides is 1. The van der Waals surface area contributed by atoms with Crippen LogP contribution in [0.15, 0.2) is 45.8 Å². The molecule has 1 aromatic carbocycles. The van der Waals surface area contributed by atoms with Crippen LogP contribution in [-0.2, 0) is 6.61 Å². The van der Waals surface area contributed by atoms with Crippen molar-refractivity contribution in [1.82, 2.24) is 10.2 Å². The van der Waals surface area contributed by atoms with Crippen molar-refractivity contribution in [3.63, 3.8) is 0 Å². The molecule has 3 rings (SSSR count). The molecule has 5 N–H and O–H groups in total. The lowest BCUT2D eigenvalue weighted by Gasteiger charge is -2.06. The number of nitrogens with two attached hydrogens (primary N) is 1. The van der Waals surface area contributed by atoms with Crippen LogP contribution in [0.2, 0.25) is 0 Å². The average Bonchev–Trinajstić information content (AvgIpc) is 3.19. The van der Waals surface area contributed by atoms with Crippen LogP contribution in [0.1, 0.15) is 27.4 Å². The molecule has 0 unspecified atom stereocenters. The van der Waals surface area contributed by atoms with Crippen LogP contribution in [0.5, 0.6) is 0 Å². The maximum atomic E-state index is 11.8.